The van der Waals surface area contributed by atoms with E-state index in [1.807, 2.05) is 49.6 Å². The Kier molecular flexibility index (Phi) is 3.01. The minimum Gasteiger partial charge on any atom is -0.386 e. The summed E-state index contributed by atoms with van der Waals surface area (Å²) in [6.07, 6.45) is 3.60. The van der Waals surface area contributed by atoms with Crippen molar-refractivity contribution >= 4 is 10.9 Å². The van der Waals surface area contributed by atoms with Crippen LogP contribution in [0.3, 0.4) is 0 Å². The molecule has 0 radical (unpaired) electrons. The Morgan fingerprint density at radius 2 is 2.05 bits per heavy atom. The predicted octanol–water partition coefficient (Wildman–Crippen LogP) is 2.24. The lowest BCUT2D eigenvalue weighted by atomic mass is 10.1. The van der Waals surface area contributed by atoms with Crippen LogP contribution < -0.4 is 0 Å². The second-order valence-corrected chi connectivity index (χ2v) is 4.67. The highest BCUT2D eigenvalue weighted by Gasteiger charge is 2.11. The molecule has 1 unspecified atom stereocenters. The van der Waals surface area contributed by atoms with Crippen LogP contribution in [-0.2, 0) is 13.5 Å². The molecule has 0 bridgehead atoms. The van der Waals surface area contributed by atoms with Crippen LogP contribution in [0, 0.1) is 0 Å². The fourth-order valence-electron chi connectivity index (χ4n) is 2.17. The van der Waals surface area contributed by atoms with Crippen molar-refractivity contribution in [2.24, 2.45) is 7.05 Å². The Morgan fingerprint density at radius 1 is 1.21 bits per heavy atom. The van der Waals surface area contributed by atoms with Gasteiger partial charge in [-0.15, -0.1) is 0 Å². The van der Waals surface area contributed by atoms with Gasteiger partial charge in [0.15, 0.2) is 0 Å². The lowest BCUT2D eigenvalue weighted by Crippen LogP contribution is -2.03. The van der Waals surface area contributed by atoms with E-state index in [0.29, 0.717) is 12.1 Å². The third-order valence-corrected chi connectivity index (χ3v) is 3.15. The number of para-hydroxylation sites is 1. The number of aliphatic hydroxyl groups is 1. The third kappa shape index (κ3) is 2.48. The van der Waals surface area contributed by atoms with Gasteiger partial charge in [-0.25, -0.2) is 0 Å². The maximum Gasteiger partial charge on any atom is 0.100 e. The van der Waals surface area contributed by atoms with Gasteiger partial charge in [0, 0.05) is 25.1 Å². The maximum absolute atomic E-state index is 10.2. The molecule has 1 N–H and O–H groups in total. The zero-order valence-corrected chi connectivity index (χ0v) is 10.7. The second kappa shape index (κ2) is 4.82. The minimum atomic E-state index is -0.603. The van der Waals surface area contributed by atoms with Crippen molar-refractivity contribution in [2.45, 2.75) is 12.5 Å². The number of rotatable bonds is 3. The number of benzene rings is 1. The molecule has 2 aromatic heterocycles. The first-order valence-corrected chi connectivity index (χ1v) is 6.23. The van der Waals surface area contributed by atoms with E-state index in [4.69, 9.17) is 0 Å². The highest BCUT2D eigenvalue weighted by atomic mass is 16.3. The molecule has 0 saturated carbocycles. The van der Waals surface area contributed by atoms with Crippen LogP contribution in [0.25, 0.3) is 10.9 Å². The summed E-state index contributed by atoms with van der Waals surface area (Å²) in [5.74, 6) is 0. The lowest BCUT2D eigenvalue weighted by Gasteiger charge is -2.09. The van der Waals surface area contributed by atoms with Crippen LogP contribution in [0.4, 0.5) is 0 Å². The van der Waals surface area contributed by atoms with Gasteiger partial charge in [-0.1, -0.05) is 24.3 Å². The van der Waals surface area contributed by atoms with Gasteiger partial charge in [0.25, 0.3) is 0 Å². The molecule has 0 saturated heterocycles. The van der Waals surface area contributed by atoms with Gasteiger partial charge in [0.05, 0.1) is 17.4 Å². The summed E-state index contributed by atoms with van der Waals surface area (Å²) in [7, 11) is 1.87. The first-order valence-electron chi connectivity index (χ1n) is 6.23. The number of aromatic nitrogens is 3. The van der Waals surface area contributed by atoms with Crippen LogP contribution in [0.2, 0.25) is 0 Å². The first kappa shape index (κ1) is 11.9. The van der Waals surface area contributed by atoms with Crippen LogP contribution in [-0.4, -0.2) is 19.9 Å². The van der Waals surface area contributed by atoms with Crippen LogP contribution in [0.1, 0.15) is 17.4 Å². The normalized spacial score (nSPS) is 12.7. The zero-order chi connectivity index (χ0) is 13.2. The Hall–Kier alpha value is -2.20. The summed E-state index contributed by atoms with van der Waals surface area (Å²) in [5, 5.41) is 15.4. The molecule has 1 aromatic carbocycles. The fraction of sp³-hybridized carbons (Fsp3) is 0.200. The quantitative estimate of drug-likeness (QED) is 0.779. The van der Waals surface area contributed by atoms with Gasteiger partial charge in [0.1, 0.15) is 6.10 Å². The summed E-state index contributed by atoms with van der Waals surface area (Å²) < 4.78 is 1.73. The molecule has 1 atom stereocenters. The standard InChI is InChI=1S/C15H15N3O/c1-18-10-11(9-16-18)8-15(19)14-7-6-12-4-2-3-5-13(12)17-14/h2-7,9-10,15,19H,8H2,1H3. The van der Waals surface area contributed by atoms with Crippen molar-refractivity contribution in [3.05, 3.63) is 60.0 Å². The van der Waals surface area contributed by atoms with Gasteiger partial charge in [-0.3, -0.25) is 9.67 Å². The van der Waals surface area contributed by atoms with E-state index in [1.54, 1.807) is 10.9 Å². The van der Waals surface area contributed by atoms with Crippen molar-refractivity contribution in [2.75, 3.05) is 0 Å². The largest absolute Gasteiger partial charge is 0.386 e. The van der Waals surface area contributed by atoms with E-state index in [-0.39, 0.29) is 0 Å². The summed E-state index contributed by atoms with van der Waals surface area (Å²) in [6, 6.07) is 11.8. The highest BCUT2D eigenvalue weighted by molar-refractivity contribution is 5.78. The van der Waals surface area contributed by atoms with Crippen LogP contribution in [0.15, 0.2) is 48.8 Å². The van der Waals surface area contributed by atoms with E-state index in [2.05, 4.69) is 10.1 Å². The molecule has 3 rings (SSSR count). The van der Waals surface area contributed by atoms with Gasteiger partial charge >= 0.3 is 0 Å². The van der Waals surface area contributed by atoms with Crippen molar-refractivity contribution in [3.63, 3.8) is 0 Å². The molecular weight excluding hydrogens is 238 g/mol. The smallest absolute Gasteiger partial charge is 0.100 e. The Morgan fingerprint density at radius 3 is 2.84 bits per heavy atom. The van der Waals surface area contributed by atoms with Gasteiger partial charge < -0.3 is 5.11 Å². The number of hydrogen-bond donors (Lipinski definition) is 1. The van der Waals surface area contributed by atoms with Crippen LogP contribution >= 0.6 is 0 Å². The zero-order valence-electron chi connectivity index (χ0n) is 10.7. The molecule has 19 heavy (non-hydrogen) atoms. The van der Waals surface area contributed by atoms with E-state index in [9.17, 15) is 5.11 Å². The second-order valence-electron chi connectivity index (χ2n) is 4.67. The van der Waals surface area contributed by atoms with Crippen molar-refractivity contribution < 1.29 is 5.11 Å². The molecule has 0 spiro atoms. The average Bonchev–Trinajstić information content (AvgIpc) is 2.83. The number of aliphatic hydroxyl groups excluding tert-OH is 1. The minimum absolute atomic E-state index is 0.527. The monoisotopic (exact) mass is 253 g/mol. The number of pyridine rings is 1. The van der Waals surface area contributed by atoms with E-state index in [0.717, 1.165) is 16.5 Å². The van der Waals surface area contributed by atoms with E-state index >= 15 is 0 Å². The summed E-state index contributed by atoms with van der Waals surface area (Å²) in [6.45, 7) is 0. The molecule has 96 valence electrons. The Balaban J connectivity index is 1.86. The van der Waals surface area contributed by atoms with Crippen molar-refractivity contribution in [3.8, 4) is 0 Å². The molecule has 4 heteroatoms. The highest BCUT2D eigenvalue weighted by Crippen LogP contribution is 2.19. The molecule has 0 amide bonds. The number of nitrogens with zero attached hydrogens (tertiary/aromatic N) is 3. The summed E-state index contributed by atoms with van der Waals surface area (Å²) >= 11 is 0. The van der Waals surface area contributed by atoms with E-state index in [1.165, 1.54) is 0 Å². The van der Waals surface area contributed by atoms with Crippen molar-refractivity contribution in [1.82, 2.24) is 14.8 Å². The molecule has 0 aliphatic heterocycles. The topological polar surface area (TPSA) is 50.9 Å². The molecule has 3 aromatic rings. The Bertz CT molecular complexity index is 705. The summed E-state index contributed by atoms with van der Waals surface area (Å²) in [4.78, 5) is 4.50. The number of hydrogen-bond acceptors (Lipinski definition) is 3. The van der Waals surface area contributed by atoms with Crippen LogP contribution in [0.5, 0.6) is 0 Å². The Labute approximate surface area is 111 Å². The maximum atomic E-state index is 10.2. The molecule has 0 aliphatic carbocycles. The van der Waals surface area contributed by atoms with Gasteiger partial charge in [-0.2, -0.15) is 5.10 Å². The number of aryl methyl sites for hydroxylation is 1. The predicted molar refractivity (Wildman–Crippen MR) is 73.6 cm³/mol. The average molecular weight is 253 g/mol. The van der Waals surface area contributed by atoms with Gasteiger partial charge in [0.2, 0.25) is 0 Å². The van der Waals surface area contributed by atoms with Crippen molar-refractivity contribution in [1.29, 1.82) is 0 Å². The first-order chi connectivity index (χ1) is 9.22. The number of fused-ring (bicyclic) bond motifs is 1. The molecule has 4 nitrogen and oxygen atoms in total. The van der Waals surface area contributed by atoms with E-state index < -0.39 is 6.10 Å². The molecule has 2 heterocycles. The third-order valence-electron chi connectivity index (χ3n) is 3.15. The fourth-order valence-corrected chi connectivity index (χ4v) is 2.17. The van der Waals surface area contributed by atoms with Gasteiger partial charge in [-0.05, 0) is 17.7 Å². The molecular formula is C15H15N3O. The SMILES string of the molecule is Cn1cc(CC(O)c2ccc3ccccc3n2)cn1. The summed E-state index contributed by atoms with van der Waals surface area (Å²) in [5.41, 5.74) is 2.61. The molecule has 0 aliphatic rings. The molecule has 0 fully saturated rings. The lowest BCUT2D eigenvalue weighted by molar-refractivity contribution is 0.174.